The van der Waals surface area contributed by atoms with Crippen molar-refractivity contribution in [1.29, 1.82) is 0 Å². The van der Waals surface area contributed by atoms with Crippen molar-refractivity contribution < 1.29 is 19.1 Å². The first-order chi connectivity index (χ1) is 20.7. The largest absolute Gasteiger partial charge is 0.491 e. The Morgan fingerprint density at radius 2 is 1.93 bits per heavy atom. The van der Waals surface area contributed by atoms with E-state index in [4.69, 9.17) is 26.1 Å². The Balaban J connectivity index is 1.24. The summed E-state index contributed by atoms with van der Waals surface area (Å²) in [5.41, 5.74) is 6.13. The number of allylic oxidation sites excluding steroid dienone is 2. The van der Waals surface area contributed by atoms with Gasteiger partial charge in [0.25, 0.3) is 0 Å². The summed E-state index contributed by atoms with van der Waals surface area (Å²) in [6.45, 7) is 6.80. The monoisotopic (exact) mass is 618 g/mol. The topological polar surface area (TPSA) is 84.3 Å². The average Bonchev–Trinajstić information content (AvgIpc) is 3.43. The number of piperidine rings is 1. The zero-order valence-corrected chi connectivity index (χ0v) is 26.5. The molecule has 2 aliphatic heterocycles. The number of hydrogen-bond donors (Lipinski definition) is 0. The number of aromatic nitrogens is 1. The number of methoxy groups -OCH3 is 1. The SMILES string of the molecule is COC(=O)c1cc2nc(C)cc(-c3cc(Cl)ccc3OCCN3C(=C=O)C4=C(CCC5(CCN(C)CC5)C4)N=C3C)c2s1. The van der Waals surface area contributed by atoms with Gasteiger partial charge in [-0.1, -0.05) is 11.6 Å². The fourth-order valence-corrected chi connectivity index (χ4v) is 7.79. The van der Waals surface area contributed by atoms with Crippen LogP contribution < -0.4 is 4.74 Å². The van der Waals surface area contributed by atoms with E-state index < -0.39 is 5.97 Å². The zero-order chi connectivity index (χ0) is 30.3. The molecular formula is C33H35ClN4O4S. The van der Waals surface area contributed by atoms with Crippen LogP contribution in [0.25, 0.3) is 21.3 Å². The highest BCUT2D eigenvalue weighted by atomic mass is 35.5. The minimum absolute atomic E-state index is 0.234. The second-order valence-electron chi connectivity index (χ2n) is 11.8. The molecule has 3 aromatic rings. The number of thiophene rings is 1. The molecule has 0 amide bonds. The number of ether oxygens (including phenoxy) is 2. The van der Waals surface area contributed by atoms with Crippen molar-refractivity contribution in [2.45, 2.75) is 46.0 Å². The van der Waals surface area contributed by atoms with Crippen LogP contribution in [0.3, 0.4) is 0 Å². The molecule has 0 N–H and O–H groups in total. The van der Waals surface area contributed by atoms with E-state index in [2.05, 4.69) is 22.9 Å². The van der Waals surface area contributed by atoms with Crippen molar-refractivity contribution in [2.75, 3.05) is 40.4 Å². The summed E-state index contributed by atoms with van der Waals surface area (Å²) < 4.78 is 12.2. The van der Waals surface area contributed by atoms with Crippen molar-refractivity contribution in [2.24, 2.45) is 10.4 Å². The van der Waals surface area contributed by atoms with Crippen molar-refractivity contribution in [3.05, 3.63) is 62.9 Å². The number of rotatable bonds is 6. The number of hydrogen-bond acceptors (Lipinski definition) is 9. The first kappa shape index (κ1) is 29.6. The summed E-state index contributed by atoms with van der Waals surface area (Å²) in [5.74, 6) is 3.32. The van der Waals surface area contributed by atoms with Gasteiger partial charge >= 0.3 is 5.97 Å². The van der Waals surface area contributed by atoms with Crippen LogP contribution in [0.15, 0.2) is 52.3 Å². The van der Waals surface area contributed by atoms with Crippen molar-refractivity contribution in [3.63, 3.8) is 0 Å². The van der Waals surface area contributed by atoms with Gasteiger partial charge in [-0.25, -0.2) is 14.6 Å². The Labute approximate surface area is 260 Å². The number of carbonyl (C=O) groups is 1. The molecule has 1 fully saturated rings. The number of esters is 1. The van der Waals surface area contributed by atoms with Gasteiger partial charge in [0, 0.05) is 33.1 Å². The van der Waals surface area contributed by atoms with Crippen LogP contribution in [0.2, 0.25) is 5.02 Å². The number of nitrogens with zero attached hydrogens (tertiary/aromatic N) is 4. The molecule has 1 aromatic carbocycles. The lowest BCUT2D eigenvalue weighted by Crippen LogP contribution is -2.42. The maximum absolute atomic E-state index is 12.4. The molecule has 0 saturated carbocycles. The Morgan fingerprint density at radius 1 is 1.14 bits per heavy atom. The van der Waals surface area contributed by atoms with Gasteiger partial charge in [0.2, 0.25) is 0 Å². The van der Waals surface area contributed by atoms with Crippen LogP contribution in [0.4, 0.5) is 0 Å². The highest BCUT2D eigenvalue weighted by molar-refractivity contribution is 7.21. The molecule has 43 heavy (non-hydrogen) atoms. The number of aliphatic imine (C=N–C) groups is 1. The van der Waals surface area contributed by atoms with Crippen LogP contribution in [0, 0.1) is 12.3 Å². The van der Waals surface area contributed by atoms with Crippen LogP contribution >= 0.6 is 22.9 Å². The number of pyridine rings is 1. The highest BCUT2D eigenvalue weighted by Crippen LogP contribution is 2.49. The lowest BCUT2D eigenvalue weighted by molar-refractivity contribution is 0.0606. The molecule has 3 aliphatic rings. The normalized spacial score (nSPS) is 18.5. The number of benzene rings is 1. The van der Waals surface area contributed by atoms with Crippen molar-refractivity contribution in [1.82, 2.24) is 14.8 Å². The fraction of sp³-hybridized carbons (Fsp3) is 0.424. The summed E-state index contributed by atoms with van der Waals surface area (Å²) in [5, 5.41) is 0.569. The van der Waals surface area contributed by atoms with E-state index in [1.807, 2.05) is 36.9 Å². The minimum Gasteiger partial charge on any atom is -0.491 e. The first-order valence-electron chi connectivity index (χ1n) is 14.6. The third-order valence-electron chi connectivity index (χ3n) is 8.98. The number of amidine groups is 1. The molecule has 1 aliphatic carbocycles. The van der Waals surface area contributed by atoms with Gasteiger partial charge in [-0.15, -0.1) is 11.3 Å². The smallest absolute Gasteiger partial charge is 0.348 e. The molecule has 8 nitrogen and oxygen atoms in total. The highest BCUT2D eigenvalue weighted by Gasteiger charge is 2.41. The quantitative estimate of drug-likeness (QED) is 0.225. The van der Waals surface area contributed by atoms with Crippen molar-refractivity contribution >= 4 is 50.9 Å². The number of fused-ring (bicyclic) bond motifs is 1. The Kier molecular flexibility index (Phi) is 8.18. The Hall–Kier alpha value is -3.49. The predicted molar refractivity (Wildman–Crippen MR) is 171 cm³/mol. The van der Waals surface area contributed by atoms with E-state index in [1.54, 1.807) is 12.1 Å². The molecule has 0 radical (unpaired) electrons. The molecule has 0 bridgehead atoms. The van der Waals surface area contributed by atoms with E-state index >= 15 is 0 Å². The third-order valence-corrected chi connectivity index (χ3v) is 10.4. The lowest BCUT2D eigenvalue weighted by Gasteiger charge is -2.46. The summed E-state index contributed by atoms with van der Waals surface area (Å²) in [4.78, 5) is 39.1. The molecule has 2 aromatic heterocycles. The van der Waals surface area contributed by atoms with Gasteiger partial charge in [-0.3, -0.25) is 4.98 Å². The Morgan fingerprint density at radius 3 is 2.67 bits per heavy atom. The summed E-state index contributed by atoms with van der Waals surface area (Å²) >= 11 is 7.79. The van der Waals surface area contributed by atoms with Gasteiger partial charge in [0.15, 0.2) is 5.94 Å². The Bertz CT molecular complexity index is 1710. The maximum Gasteiger partial charge on any atom is 0.348 e. The molecular weight excluding hydrogens is 584 g/mol. The summed E-state index contributed by atoms with van der Waals surface area (Å²) in [6, 6.07) is 9.25. The zero-order valence-electron chi connectivity index (χ0n) is 25.0. The number of halogens is 1. The van der Waals surface area contributed by atoms with E-state index in [1.165, 1.54) is 18.4 Å². The predicted octanol–water partition coefficient (Wildman–Crippen LogP) is 6.69. The number of aryl methyl sites for hydroxylation is 1. The third kappa shape index (κ3) is 5.75. The van der Waals surface area contributed by atoms with E-state index in [9.17, 15) is 9.59 Å². The molecule has 1 saturated heterocycles. The molecule has 224 valence electrons. The van der Waals surface area contributed by atoms with Gasteiger partial charge in [-0.2, -0.15) is 0 Å². The minimum atomic E-state index is -0.398. The second kappa shape index (κ2) is 11.9. The molecule has 0 atom stereocenters. The number of carbonyl (C=O) groups excluding carboxylic acids is 2. The molecule has 0 unspecified atom stereocenters. The maximum atomic E-state index is 12.4. The summed E-state index contributed by atoms with van der Waals surface area (Å²) in [6.07, 6.45) is 5.19. The van der Waals surface area contributed by atoms with Gasteiger partial charge < -0.3 is 19.3 Å². The van der Waals surface area contributed by atoms with Gasteiger partial charge in [0.1, 0.15) is 28.8 Å². The van der Waals surface area contributed by atoms with Gasteiger partial charge in [-0.05, 0) is 102 Å². The van der Waals surface area contributed by atoms with Crippen molar-refractivity contribution in [3.8, 4) is 16.9 Å². The van der Waals surface area contributed by atoms with Crippen LogP contribution in [-0.4, -0.2) is 72.9 Å². The standard InChI is InChI=1S/C33H35ClN4O4S/c1-20-15-24(31-27(35-20)17-30(43-31)32(40)41-4)23-16-22(34)5-6-29(23)42-14-13-38-21(2)36-26-7-8-33(9-11-37(3)12-10-33)18-25(26)28(38)19-39/h5-6,15-17H,7-14,18H2,1-4H3. The van der Waals surface area contributed by atoms with Crippen LogP contribution in [0.5, 0.6) is 5.75 Å². The van der Waals surface area contributed by atoms with E-state index in [0.717, 1.165) is 83.8 Å². The molecule has 6 rings (SSSR count). The first-order valence-corrected chi connectivity index (χ1v) is 15.8. The van der Waals surface area contributed by atoms with Crippen LogP contribution in [-0.2, 0) is 9.53 Å². The molecule has 10 heteroatoms. The molecule has 4 heterocycles. The lowest BCUT2D eigenvalue weighted by atomic mass is 9.66. The van der Waals surface area contributed by atoms with Crippen LogP contribution in [0.1, 0.15) is 54.4 Å². The van der Waals surface area contributed by atoms with E-state index in [-0.39, 0.29) is 5.41 Å². The summed E-state index contributed by atoms with van der Waals surface area (Å²) in [7, 11) is 3.55. The fourth-order valence-electron chi connectivity index (χ4n) is 6.57. The average molecular weight is 619 g/mol. The number of likely N-dealkylation sites (tertiary alicyclic amines) is 1. The van der Waals surface area contributed by atoms with Gasteiger partial charge in [0.05, 0.1) is 23.9 Å². The second-order valence-corrected chi connectivity index (χ2v) is 13.3. The van der Waals surface area contributed by atoms with E-state index in [0.29, 0.717) is 40.0 Å². The molecule has 1 spiro atoms.